The molecule has 1 unspecified atom stereocenters. The summed E-state index contributed by atoms with van der Waals surface area (Å²) in [6.45, 7) is 4.25. The van der Waals surface area contributed by atoms with Gasteiger partial charge in [0.05, 0.1) is 0 Å². The molecule has 2 aromatic rings. The molecule has 0 aromatic heterocycles. The van der Waals surface area contributed by atoms with Gasteiger partial charge in [0.2, 0.25) is 0 Å². The van der Waals surface area contributed by atoms with Crippen LogP contribution in [0.1, 0.15) is 29.7 Å². The number of benzene rings is 2. The van der Waals surface area contributed by atoms with Gasteiger partial charge in [-0.2, -0.15) is 0 Å². The van der Waals surface area contributed by atoms with Crippen LogP contribution in [0.5, 0.6) is 0 Å². The Morgan fingerprint density at radius 3 is 2.60 bits per heavy atom. The van der Waals surface area contributed by atoms with Crippen LogP contribution in [0.3, 0.4) is 0 Å². The third-order valence-electron chi connectivity index (χ3n) is 3.27. The first kappa shape index (κ1) is 15.0. The minimum atomic E-state index is 0.186. The quantitative estimate of drug-likeness (QED) is 0.795. The Balaban J connectivity index is 2.31. The van der Waals surface area contributed by atoms with Crippen LogP contribution >= 0.6 is 28.1 Å². The molecule has 0 heterocycles. The number of rotatable bonds is 4. The number of nitrogens with one attached hydrogen (secondary N) is 1. The summed E-state index contributed by atoms with van der Waals surface area (Å²) in [5.74, 6) is 0. The maximum atomic E-state index is 5.80. The van der Waals surface area contributed by atoms with Crippen molar-refractivity contribution in [3.05, 3.63) is 63.6 Å². The summed E-state index contributed by atoms with van der Waals surface area (Å²) in [6, 6.07) is 14.4. The van der Waals surface area contributed by atoms with E-state index in [1.807, 2.05) is 24.3 Å². The molecule has 1 atom stereocenters. The minimum Gasteiger partial charge on any atom is -0.389 e. The van der Waals surface area contributed by atoms with Crippen molar-refractivity contribution in [1.82, 2.24) is 0 Å². The molecule has 0 radical (unpaired) electrons. The molecule has 3 N–H and O–H groups in total. The summed E-state index contributed by atoms with van der Waals surface area (Å²) < 4.78 is 0.967. The normalized spacial score (nSPS) is 11.9. The Hall–Kier alpha value is -1.39. The maximum absolute atomic E-state index is 5.80. The lowest BCUT2D eigenvalue weighted by Gasteiger charge is -2.20. The van der Waals surface area contributed by atoms with Crippen molar-refractivity contribution >= 4 is 38.8 Å². The molecular weight excluding hydrogens is 332 g/mol. The second kappa shape index (κ2) is 6.37. The van der Waals surface area contributed by atoms with Gasteiger partial charge >= 0.3 is 0 Å². The van der Waals surface area contributed by atoms with Crippen molar-refractivity contribution < 1.29 is 0 Å². The standard InChI is InChI=1S/C16H17BrN2S/c1-10-5-3-4-6-13(10)11(2)19-15-8-7-12(17)9-14(15)16(18)20/h3-9,11,19H,1-2H3,(H2,18,20). The summed E-state index contributed by atoms with van der Waals surface area (Å²) in [7, 11) is 0. The molecule has 0 saturated heterocycles. The predicted molar refractivity (Wildman–Crippen MR) is 93.2 cm³/mol. The molecule has 0 aliphatic carbocycles. The Bertz CT molecular complexity index is 640. The van der Waals surface area contributed by atoms with Gasteiger partial charge in [-0.3, -0.25) is 0 Å². The van der Waals surface area contributed by atoms with E-state index in [0.29, 0.717) is 4.99 Å². The fourth-order valence-electron chi connectivity index (χ4n) is 2.23. The summed E-state index contributed by atoms with van der Waals surface area (Å²) >= 11 is 8.57. The van der Waals surface area contributed by atoms with E-state index in [1.165, 1.54) is 11.1 Å². The third-order valence-corrected chi connectivity index (χ3v) is 3.99. The fourth-order valence-corrected chi connectivity index (χ4v) is 2.76. The largest absolute Gasteiger partial charge is 0.389 e. The molecule has 0 aliphatic heterocycles. The second-order valence-corrected chi connectivity index (χ2v) is 6.13. The van der Waals surface area contributed by atoms with Gasteiger partial charge in [-0.25, -0.2) is 0 Å². The molecule has 20 heavy (non-hydrogen) atoms. The average molecular weight is 349 g/mol. The van der Waals surface area contributed by atoms with Crippen LogP contribution in [-0.2, 0) is 0 Å². The van der Waals surface area contributed by atoms with E-state index in [4.69, 9.17) is 18.0 Å². The first-order valence-electron chi connectivity index (χ1n) is 6.40. The predicted octanol–water partition coefficient (Wildman–Crippen LogP) is 4.56. The number of halogens is 1. The van der Waals surface area contributed by atoms with Gasteiger partial charge < -0.3 is 11.1 Å². The zero-order chi connectivity index (χ0) is 14.7. The van der Waals surface area contributed by atoms with Gasteiger partial charge in [-0.1, -0.05) is 52.4 Å². The van der Waals surface area contributed by atoms with Crippen LogP contribution in [0.15, 0.2) is 46.9 Å². The van der Waals surface area contributed by atoms with E-state index in [1.54, 1.807) is 0 Å². The molecule has 0 amide bonds. The lowest BCUT2D eigenvalue weighted by molar-refractivity contribution is 0.874. The molecule has 2 nitrogen and oxygen atoms in total. The minimum absolute atomic E-state index is 0.186. The number of aryl methyl sites for hydroxylation is 1. The monoisotopic (exact) mass is 348 g/mol. The zero-order valence-corrected chi connectivity index (χ0v) is 13.9. The Labute approximate surface area is 133 Å². The highest BCUT2D eigenvalue weighted by atomic mass is 79.9. The van der Waals surface area contributed by atoms with Crippen molar-refractivity contribution in [2.75, 3.05) is 5.32 Å². The third kappa shape index (κ3) is 3.38. The maximum Gasteiger partial charge on any atom is 0.106 e. The highest BCUT2D eigenvalue weighted by Gasteiger charge is 2.11. The lowest BCUT2D eigenvalue weighted by Crippen LogP contribution is -2.15. The fraction of sp³-hybridized carbons (Fsp3) is 0.188. The van der Waals surface area contributed by atoms with Gasteiger partial charge in [0.25, 0.3) is 0 Å². The summed E-state index contributed by atoms with van der Waals surface area (Å²) in [6.07, 6.45) is 0. The molecular formula is C16H17BrN2S. The van der Waals surface area contributed by atoms with Gasteiger partial charge in [-0.05, 0) is 43.2 Å². The molecule has 0 spiro atoms. The van der Waals surface area contributed by atoms with E-state index in [2.05, 4.69) is 53.3 Å². The van der Waals surface area contributed by atoms with Crippen LogP contribution in [-0.4, -0.2) is 4.99 Å². The van der Waals surface area contributed by atoms with Gasteiger partial charge in [0.1, 0.15) is 4.99 Å². The van der Waals surface area contributed by atoms with Crippen molar-refractivity contribution in [3.8, 4) is 0 Å². The van der Waals surface area contributed by atoms with Crippen molar-refractivity contribution in [3.63, 3.8) is 0 Å². The van der Waals surface area contributed by atoms with Crippen LogP contribution < -0.4 is 11.1 Å². The first-order valence-corrected chi connectivity index (χ1v) is 7.60. The molecule has 0 bridgehead atoms. The summed E-state index contributed by atoms with van der Waals surface area (Å²) in [5, 5.41) is 3.49. The molecule has 2 aromatic carbocycles. The Morgan fingerprint density at radius 2 is 1.95 bits per heavy atom. The van der Waals surface area contributed by atoms with E-state index in [9.17, 15) is 0 Å². The lowest BCUT2D eigenvalue weighted by atomic mass is 10.0. The number of anilines is 1. The van der Waals surface area contributed by atoms with Crippen LogP contribution in [0.25, 0.3) is 0 Å². The van der Waals surface area contributed by atoms with E-state index in [-0.39, 0.29) is 6.04 Å². The van der Waals surface area contributed by atoms with E-state index in [0.717, 1.165) is 15.7 Å². The molecule has 2 rings (SSSR count). The highest BCUT2D eigenvalue weighted by molar-refractivity contribution is 9.10. The van der Waals surface area contributed by atoms with Crippen LogP contribution in [0.2, 0.25) is 0 Å². The van der Waals surface area contributed by atoms with Gasteiger partial charge in [0, 0.05) is 21.8 Å². The van der Waals surface area contributed by atoms with Crippen molar-refractivity contribution in [1.29, 1.82) is 0 Å². The Kier molecular flexibility index (Phi) is 4.78. The molecule has 0 saturated carbocycles. The van der Waals surface area contributed by atoms with Crippen LogP contribution in [0, 0.1) is 6.92 Å². The number of thiocarbonyl (C=S) groups is 1. The van der Waals surface area contributed by atoms with E-state index >= 15 is 0 Å². The molecule has 0 fully saturated rings. The van der Waals surface area contributed by atoms with Gasteiger partial charge in [0.15, 0.2) is 0 Å². The van der Waals surface area contributed by atoms with Crippen LogP contribution in [0.4, 0.5) is 5.69 Å². The number of hydrogen-bond donors (Lipinski definition) is 2. The summed E-state index contributed by atoms with van der Waals surface area (Å²) in [5.41, 5.74) is 10.1. The number of hydrogen-bond acceptors (Lipinski definition) is 2. The van der Waals surface area contributed by atoms with Crippen molar-refractivity contribution in [2.45, 2.75) is 19.9 Å². The van der Waals surface area contributed by atoms with E-state index < -0.39 is 0 Å². The average Bonchev–Trinajstić information content (AvgIpc) is 2.41. The highest BCUT2D eigenvalue weighted by Crippen LogP contribution is 2.26. The first-order chi connectivity index (χ1) is 9.49. The second-order valence-electron chi connectivity index (χ2n) is 4.78. The SMILES string of the molecule is Cc1ccccc1C(C)Nc1ccc(Br)cc1C(N)=S. The van der Waals surface area contributed by atoms with Gasteiger partial charge in [-0.15, -0.1) is 0 Å². The summed E-state index contributed by atoms with van der Waals surface area (Å²) in [4.78, 5) is 0.394. The molecule has 4 heteroatoms. The smallest absolute Gasteiger partial charge is 0.106 e. The Morgan fingerprint density at radius 1 is 1.25 bits per heavy atom. The zero-order valence-electron chi connectivity index (χ0n) is 11.5. The number of nitrogens with two attached hydrogens (primary N) is 1. The molecule has 0 aliphatic rings. The van der Waals surface area contributed by atoms with Crippen molar-refractivity contribution in [2.24, 2.45) is 5.73 Å². The molecule has 104 valence electrons. The topological polar surface area (TPSA) is 38.0 Å².